The number of rotatable bonds is 5. The fraction of sp³-hybridized carbons (Fsp3) is 0.357. The molecule has 18 heavy (non-hydrogen) atoms. The van der Waals surface area contributed by atoms with Crippen molar-refractivity contribution in [2.75, 3.05) is 6.54 Å². The molecule has 0 aliphatic heterocycles. The van der Waals surface area contributed by atoms with Crippen molar-refractivity contribution in [1.82, 2.24) is 10.3 Å². The lowest BCUT2D eigenvalue weighted by molar-refractivity contribution is 0.183. The van der Waals surface area contributed by atoms with E-state index < -0.39 is 0 Å². The molecule has 2 rings (SSSR count). The van der Waals surface area contributed by atoms with Gasteiger partial charge < -0.3 is 10.4 Å². The second-order valence-electron chi connectivity index (χ2n) is 4.42. The van der Waals surface area contributed by atoms with E-state index in [9.17, 15) is 5.11 Å². The van der Waals surface area contributed by atoms with Gasteiger partial charge in [0, 0.05) is 22.6 Å². The number of benzene rings is 1. The van der Waals surface area contributed by atoms with Crippen molar-refractivity contribution in [3.8, 4) is 0 Å². The van der Waals surface area contributed by atoms with E-state index in [0.29, 0.717) is 0 Å². The second-order valence-corrected chi connectivity index (χ2v) is 5.27. The summed E-state index contributed by atoms with van der Waals surface area (Å²) in [5, 5.41) is 13.7. The second kappa shape index (κ2) is 6.27. The number of hydrogen-bond donors (Lipinski definition) is 2. The van der Waals surface area contributed by atoms with E-state index >= 15 is 0 Å². The first-order chi connectivity index (χ1) is 8.68. The molecule has 0 saturated heterocycles. The smallest absolute Gasteiger partial charge is 0.0758 e. The van der Waals surface area contributed by atoms with Gasteiger partial charge in [-0.3, -0.25) is 4.98 Å². The van der Waals surface area contributed by atoms with Gasteiger partial charge >= 0.3 is 0 Å². The fourth-order valence-corrected chi connectivity index (χ4v) is 2.33. The molecule has 4 heteroatoms. The Hall–Kier alpha value is -0.970. The molecule has 1 aromatic heterocycles. The standard InChI is InChI=1S/C14H17BrN2O/c1-10(18)6-8-16-9-11-4-5-13(15)12-3-2-7-17-14(11)12/h2-5,7,10,16,18H,6,8-9H2,1H3. The maximum atomic E-state index is 9.20. The van der Waals surface area contributed by atoms with Crippen molar-refractivity contribution in [3.63, 3.8) is 0 Å². The molecule has 2 aromatic rings. The minimum absolute atomic E-state index is 0.253. The number of nitrogens with one attached hydrogen (secondary N) is 1. The largest absolute Gasteiger partial charge is 0.393 e. The molecular formula is C14H17BrN2O. The number of aliphatic hydroxyl groups excluding tert-OH is 1. The van der Waals surface area contributed by atoms with Crippen LogP contribution in [-0.2, 0) is 6.54 Å². The van der Waals surface area contributed by atoms with Gasteiger partial charge in [-0.05, 0) is 37.6 Å². The Labute approximate surface area is 115 Å². The van der Waals surface area contributed by atoms with Crippen LogP contribution in [0.5, 0.6) is 0 Å². The van der Waals surface area contributed by atoms with Crippen LogP contribution in [0.3, 0.4) is 0 Å². The number of aliphatic hydroxyl groups is 1. The SMILES string of the molecule is CC(O)CCNCc1ccc(Br)c2cccnc12. The maximum Gasteiger partial charge on any atom is 0.0758 e. The van der Waals surface area contributed by atoms with E-state index in [4.69, 9.17) is 0 Å². The molecule has 0 bridgehead atoms. The molecule has 1 heterocycles. The number of halogens is 1. The van der Waals surface area contributed by atoms with E-state index in [-0.39, 0.29) is 6.10 Å². The van der Waals surface area contributed by atoms with Crippen LogP contribution in [0, 0.1) is 0 Å². The van der Waals surface area contributed by atoms with Gasteiger partial charge in [0.15, 0.2) is 0 Å². The first-order valence-electron chi connectivity index (χ1n) is 6.09. The minimum atomic E-state index is -0.253. The highest BCUT2D eigenvalue weighted by molar-refractivity contribution is 9.10. The highest BCUT2D eigenvalue weighted by atomic mass is 79.9. The number of hydrogen-bond acceptors (Lipinski definition) is 3. The Kier molecular flexibility index (Phi) is 4.69. The summed E-state index contributed by atoms with van der Waals surface area (Å²) in [5.74, 6) is 0. The molecule has 0 fully saturated rings. The lowest BCUT2D eigenvalue weighted by atomic mass is 10.1. The van der Waals surface area contributed by atoms with Crippen LogP contribution in [0.25, 0.3) is 10.9 Å². The van der Waals surface area contributed by atoms with Crippen LogP contribution in [0.1, 0.15) is 18.9 Å². The van der Waals surface area contributed by atoms with Gasteiger partial charge in [0.2, 0.25) is 0 Å². The number of pyridine rings is 1. The third kappa shape index (κ3) is 3.28. The highest BCUT2D eigenvalue weighted by Gasteiger charge is 2.05. The van der Waals surface area contributed by atoms with Crippen molar-refractivity contribution >= 4 is 26.8 Å². The summed E-state index contributed by atoms with van der Waals surface area (Å²) in [6, 6.07) is 8.13. The molecule has 0 amide bonds. The average Bonchev–Trinajstić information content (AvgIpc) is 2.37. The number of nitrogens with zero attached hydrogens (tertiary/aromatic N) is 1. The molecule has 2 N–H and O–H groups in total. The van der Waals surface area contributed by atoms with Gasteiger partial charge in [0.1, 0.15) is 0 Å². The Morgan fingerprint density at radius 1 is 1.39 bits per heavy atom. The molecule has 0 aliphatic carbocycles. The lowest BCUT2D eigenvalue weighted by Crippen LogP contribution is -2.18. The fourth-order valence-electron chi connectivity index (χ4n) is 1.87. The van der Waals surface area contributed by atoms with E-state index in [0.717, 1.165) is 34.9 Å². The number of fused-ring (bicyclic) bond motifs is 1. The van der Waals surface area contributed by atoms with Gasteiger partial charge in [-0.15, -0.1) is 0 Å². The minimum Gasteiger partial charge on any atom is -0.393 e. The first kappa shape index (κ1) is 13.5. The van der Waals surface area contributed by atoms with Gasteiger partial charge in [0.05, 0.1) is 11.6 Å². The molecule has 0 spiro atoms. The summed E-state index contributed by atoms with van der Waals surface area (Å²) in [7, 11) is 0. The normalized spacial score (nSPS) is 12.8. The van der Waals surface area contributed by atoms with Crippen LogP contribution < -0.4 is 5.32 Å². The zero-order chi connectivity index (χ0) is 13.0. The van der Waals surface area contributed by atoms with E-state index in [2.05, 4.69) is 44.4 Å². The molecule has 0 saturated carbocycles. The van der Waals surface area contributed by atoms with Crippen molar-refractivity contribution in [1.29, 1.82) is 0 Å². The Balaban J connectivity index is 2.11. The molecule has 1 aromatic carbocycles. The molecule has 0 aliphatic rings. The van der Waals surface area contributed by atoms with E-state index in [1.165, 1.54) is 5.56 Å². The monoisotopic (exact) mass is 308 g/mol. The first-order valence-corrected chi connectivity index (χ1v) is 6.88. The molecule has 1 unspecified atom stereocenters. The molecular weight excluding hydrogens is 292 g/mol. The van der Waals surface area contributed by atoms with Gasteiger partial charge in [0.25, 0.3) is 0 Å². The highest BCUT2D eigenvalue weighted by Crippen LogP contribution is 2.24. The summed E-state index contributed by atoms with van der Waals surface area (Å²) >= 11 is 3.54. The summed E-state index contributed by atoms with van der Waals surface area (Å²) in [6.45, 7) is 3.38. The molecule has 3 nitrogen and oxygen atoms in total. The summed E-state index contributed by atoms with van der Waals surface area (Å²) < 4.78 is 1.07. The predicted molar refractivity (Wildman–Crippen MR) is 77.4 cm³/mol. The van der Waals surface area contributed by atoms with Crippen molar-refractivity contribution in [3.05, 3.63) is 40.5 Å². The Morgan fingerprint density at radius 3 is 3.00 bits per heavy atom. The maximum absolute atomic E-state index is 9.20. The Morgan fingerprint density at radius 2 is 2.22 bits per heavy atom. The van der Waals surface area contributed by atoms with Crippen LogP contribution in [-0.4, -0.2) is 22.7 Å². The summed E-state index contributed by atoms with van der Waals surface area (Å²) in [4.78, 5) is 4.44. The van der Waals surface area contributed by atoms with E-state index in [1.54, 1.807) is 6.92 Å². The number of aromatic nitrogens is 1. The van der Waals surface area contributed by atoms with E-state index in [1.807, 2.05) is 12.3 Å². The van der Waals surface area contributed by atoms with Crippen LogP contribution in [0.4, 0.5) is 0 Å². The molecule has 96 valence electrons. The predicted octanol–water partition coefficient (Wildman–Crippen LogP) is 2.86. The summed E-state index contributed by atoms with van der Waals surface area (Å²) in [6.07, 6.45) is 2.33. The third-order valence-electron chi connectivity index (χ3n) is 2.85. The van der Waals surface area contributed by atoms with Gasteiger partial charge in [-0.25, -0.2) is 0 Å². The quantitative estimate of drug-likeness (QED) is 0.835. The van der Waals surface area contributed by atoms with Crippen molar-refractivity contribution < 1.29 is 5.11 Å². The van der Waals surface area contributed by atoms with Crippen molar-refractivity contribution in [2.45, 2.75) is 26.0 Å². The van der Waals surface area contributed by atoms with Crippen LogP contribution >= 0.6 is 15.9 Å². The van der Waals surface area contributed by atoms with Crippen LogP contribution in [0.15, 0.2) is 34.9 Å². The molecule has 0 radical (unpaired) electrons. The lowest BCUT2D eigenvalue weighted by Gasteiger charge is -2.09. The zero-order valence-corrected chi connectivity index (χ0v) is 11.9. The Bertz CT molecular complexity index is 528. The van der Waals surface area contributed by atoms with Crippen LogP contribution in [0.2, 0.25) is 0 Å². The van der Waals surface area contributed by atoms with Gasteiger partial charge in [-0.1, -0.05) is 28.1 Å². The van der Waals surface area contributed by atoms with Crippen molar-refractivity contribution in [2.24, 2.45) is 0 Å². The molecule has 1 atom stereocenters. The van der Waals surface area contributed by atoms with Gasteiger partial charge in [-0.2, -0.15) is 0 Å². The topological polar surface area (TPSA) is 45.1 Å². The average molecular weight is 309 g/mol. The summed E-state index contributed by atoms with van der Waals surface area (Å²) in [5.41, 5.74) is 2.20. The third-order valence-corrected chi connectivity index (χ3v) is 3.55. The zero-order valence-electron chi connectivity index (χ0n) is 10.4.